The lowest BCUT2D eigenvalue weighted by Gasteiger charge is -2.35. The van der Waals surface area contributed by atoms with E-state index < -0.39 is 39.8 Å². The summed E-state index contributed by atoms with van der Waals surface area (Å²) in [5, 5.41) is 8.86. The number of carboxylic acid groups (broad SMARTS) is 1. The van der Waals surface area contributed by atoms with E-state index in [2.05, 4.69) is 0 Å². The van der Waals surface area contributed by atoms with Crippen LogP contribution >= 0.6 is 11.8 Å². The summed E-state index contributed by atoms with van der Waals surface area (Å²) in [6.45, 7) is 0. The van der Waals surface area contributed by atoms with Gasteiger partial charge in [-0.1, -0.05) is 48.2 Å². The molecule has 0 spiro atoms. The van der Waals surface area contributed by atoms with Crippen LogP contribution in [0.3, 0.4) is 0 Å². The standard InChI is InChI=1S/C23H12F3NO3S/c24-12-6-7-13(16(25)8-12)21-27-18-10-14(11-4-2-1-3-5-11)17(26)9-15(18)20(28)19(23(29)30)22(27)31-21/h1-10,21H,(H,29,30). The normalized spacial score (nSPS) is 14.9. The molecule has 0 bridgehead atoms. The second-order valence-electron chi connectivity index (χ2n) is 7.04. The first kappa shape index (κ1) is 19.4. The fraction of sp³-hybridized carbons (Fsp3) is 0.0435. The molecule has 0 fully saturated rings. The molecule has 2 heterocycles. The minimum atomic E-state index is -1.45. The van der Waals surface area contributed by atoms with Crippen LogP contribution in [0.2, 0.25) is 0 Å². The average molecular weight is 439 g/mol. The largest absolute Gasteiger partial charge is 0.477 e. The molecular formula is C23H12F3NO3S. The molecule has 0 aliphatic carbocycles. The lowest BCUT2D eigenvalue weighted by atomic mass is 10.0. The number of pyridine rings is 1. The molecule has 3 aromatic carbocycles. The summed E-state index contributed by atoms with van der Waals surface area (Å²) in [7, 11) is 0. The third-order valence-electron chi connectivity index (χ3n) is 5.23. The smallest absolute Gasteiger partial charge is 0.342 e. The third-order valence-corrected chi connectivity index (χ3v) is 6.55. The molecule has 1 N–H and O–H groups in total. The molecule has 1 aliphatic rings. The Hall–Kier alpha value is -3.52. The van der Waals surface area contributed by atoms with Gasteiger partial charge in [0.25, 0.3) is 0 Å². The van der Waals surface area contributed by atoms with Crippen LogP contribution in [-0.2, 0) is 0 Å². The van der Waals surface area contributed by atoms with Crippen molar-refractivity contribution in [2.24, 2.45) is 0 Å². The van der Waals surface area contributed by atoms with Crippen molar-refractivity contribution in [3.8, 4) is 11.1 Å². The molecular weight excluding hydrogens is 427 g/mol. The number of hydrogen-bond acceptors (Lipinski definition) is 3. The number of halogens is 3. The van der Waals surface area contributed by atoms with E-state index in [1.807, 2.05) is 0 Å². The molecule has 0 saturated heterocycles. The van der Waals surface area contributed by atoms with Crippen LogP contribution in [0, 0.1) is 17.5 Å². The molecule has 5 rings (SSSR count). The van der Waals surface area contributed by atoms with Crippen molar-refractivity contribution in [2.45, 2.75) is 10.4 Å². The zero-order valence-corrected chi connectivity index (χ0v) is 16.4. The highest BCUT2D eigenvalue weighted by atomic mass is 32.2. The number of carbonyl (C=O) groups is 1. The molecule has 154 valence electrons. The number of nitrogens with zero attached hydrogens (tertiary/aromatic N) is 1. The van der Waals surface area contributed by atoms with Crippen molar-refractivity contribution in [3.63, 3.8) is 0 Å². The van der Waals surface area contributed by atoms with Gasteiger partial charge in [-0.25, -0.2) is 18.0 Å². The van der Waals surface area contributed by atoms with Crippen LogP contribution < -0.4 is 5.43 Å². The maximum Gasteiger partial charge on any atom is 0.342 e. The highest BCUT2D eigenvalue weighted by Gasteiger charge is 2.37. The summed E-state index contributed by atoms with van der Waals surface area (Å²) in [4.78, 5) is 24.6. The quantitative estimate of drug-likeness (QED) is 0.462. The van der Waals surface area contributed by atoms with Gasteiger partial charge >= 0.3 is 5.97 Å². The van der Waals surface area contributed by atoms with E-state index in [-0.39, 0.29) is 27.1 Å². The van der Waals surface area contributed by atoms with Crippen LogP contribution in [-0.4, -0.2) is 15.6 Å². The number of benzene rings is 3. The molecule has 0 saturated carbocycles. The van der Waals surface area contributed by atoms with Crippen LogP contribution in [0.5, 0.6) is 0 Å². The van der Waals surface area contributed by atoms with Crippen molar-refractivity contribution in [2.75, 3.05) is 0 Å². The van der Waals surface area contributed by atoms with E-state index in [0.29, 0.717) is 5.56 Å². The number of rotatable bonds is 3. The van der Waals surface area contributed by atoms with E-state index in [0.717, 1.165) is 30.0 Å². The van der Waals surface area contributed by atoms with E-state index in [4.69, 9.17) is 0 Å². The van der Waals surface area contributed by atoms with Crippen LogP contribution in [0.1, 0.15) is 21.3 Å². The minimum Gasteiger partial charge on any atom is -0.477 e. The van der Waals surface area contributed by atoms with Crippen molar-refractivity contribution >= 4 is 28.6 Å². The zero-order chi connectivity index (χ0) is 21.9. The van der Waals surface area contributed by atoms with E-state index in [1.54, 1.807) is 30.3 Å². The van der Waals surface area contributed by atoms with Gasteiger partial charge in [0.1, 0.15) is 28.4 Å². The molecule has 1 aromatic heterocycles. The Kier molecular flexibility index (Phi) is 4.40. The number of fused-ring (bicyclic) bond motifs is 3. The maximum atomic E-state index is 14.9. The van der Waals surface area contributed by atoms with Gasteiger partial charge in [-0.3, -0.25) is 4.79 Å². The van der Waals surface area contributed by atoms with Crippen molar-refractivity contribution < 1.29 is 23.1 Å². The van der Waals surface area contributed by atoms with Gasteiger partial charge in [-0.2, -0.15) is 0 Å². The van der Waals surface area contributed by atoms with Gasteiger partial charge in [-0.05, 0) is 23.8 Å². The molecule has 1 atom stereocenters. The molecule has 1 unspecified atom stereocenters. The van der Waals surface area contributed by atoms with E-state index in [1.165, 1.54) is 16.7 Å². The highest BCUT2D eigenvalue weighted by Crippen LogP contribution is 2.51. The minimum absolute atomic E-state index is 0.119. The van der Waals surface area contributed by atoms with Crippen LogP contribution in [0.15, 0.2) is 70.5 Å². The summed E-state index contributed by atoms with van der Waals surface area (Å²) in [5.41, 5.74) is -0.104. The van der Waals surface area contributed by atoms with Gasteiger partial charge in [0.15, 0.2) is 0 Å². The summed E-state index contributed by atoms with van der Waals surface area (Å²) in [6, 6.07) is 14.3. The Morgan fingerprint density at radius 3 is 2.39 bits per heavy atom. The molecule has 8 heteroatoms. The fourth-order valence-corrected chi connectivity index (χ4v) is 5.10. The second kappa shape index (κ2) is 7.02. The van der Waals surface area contributed by atoms with Gasteiger partial charge < -0.3 is 9.67 Å². The third kappa shape index (κ3) is 2.94. The Labute approximate surface area is 177 Å². The first-order chi connectivity index (χ1) is 14.9. The second-order valence-corrected chi connectivity index (χ2v) is 8.10. The zero-order valence-electron chi connectivity index (χ0n) is 15.6. The lowest BCUT2D eigenvalue weighted by molar-refractivity contribution is 0.0689. The topological polar surface area (TPSA) is 59.3 Å². The van der Waals surface area contributed by atoms with Gasteiger partial charge in [0.05, 0.1) is 10.5 Å². The molecule has 0 amide bonds. The SMILES string of the molecule is O=C(O)c1c2n(c3cc(-c4ccccc4)c(F)cc3c1=O)C(c1ccc(F)cc1F)S2. The highest BCUT2D eigenvalue weighted by molar-refractivity contribution is 8.00. The molecule has 31 heavy (non-hydrogen) atoms. The number of hydrogen-bond donors (Lipinski definition) is 1. The first-order valence-corrected chi connectivity index (χ1v) is 10.1. The van der Waals surface area contributed by atoms with Crippen LogP contribution in [0.25, 0.3) is 22.0 Å². The Morgan fingerprint density at radius 1 is 0.968 bits per heavy atom. The number of aromatic carboxylic acids is 1. The maximum absolute atomic E-state index is 14.9. The first-order valence-electron chi connectivity index (χ1n) is 9.19. The summed E-state index contributed by atoms with van der Waals surface area (Å²) in [6.07, 6.45) is 0. The predicted octanol–water partition coefficient (Wildman–Crippen LogP) is 5.44. The molecule has 4 nitrogen and oxygen atoms in total. The van der Waals surface area contributed by atoms with E-state index in [9.17, 15) is 27.9 Å². The monoisotopic (exact) mass is 439 g/mol. The number of thioether (sulfide) groups is 1. The Morgan fingerprint density at radius 2 is 1.71 bits per heavy atom. The van der Waals surface area contributed by atoms with E-state index >= 15 is 0 Å². The predicted molar refractivity (Wildman–Crippen MR) is 111 cm³/mol. The number of carboxylic acids is 1. The Balaban J connectivity index is 1.83. The summed E-state index contributed by atoms with van der Waals surface area (Å²) in [5.74, 6) is -3.66. The summed E-state index contributed by atoms with van der Waals surface area (Å²) < 4.78 is 44.2. The van der Waals surface area contributed by atoms with Gasteiger partial charge in [0, 0.05) is 22.6 Å². The van der Waals surface area contributed by atoms with Crippen LogP contribution in [0.4, 0.5) is 13.2 Å². The lowest BCUT2D eigenvalue weighted by Crippen LogP contribution is -2.30. The van der Waals surface area contributed by atoms with Gasteiger partial charge in [-0.15, -0.1) is 0 Å². The molecule has 4 aromatic rings. The molecule has 1 aliphatic heterocycles. The molecule has 0 radical (unpaired) electrons. The summed E-state index contributed by atoms with van der Waals surface area (Å²) >= 11 is 0.988. The van der Waals surface area contributed by atoms with Crippen molar-refractivity contribution in [3.05, 3.63) is 99.5 Å². The average Bonchev–Trinajstić information content (AvgIpc) is 2.72. The van der Waals surface area contributed by atoms with Crippen molar-refractivity contribution in [1.82, 2.24) is 4.57 Å². The Bertz CT molecular complexity index is 1450. The van der Waals surface area contributed by atoms with Crippen molar-refractivity contribution in [1.29, 1.82) is 0 Å². The fourth-order valence-electron chi connectivity index (χ4n) is 3.79. The van der Waals surface area contributed by atoms with Gasteiger partial charge in [0.2, 0.25) is 5.43 Å². The number of aromatic nitrogens is 1.